The first-order chi connectivity index (χ1) is 8.52. The van der Waals surface area contributed by atoms with Gasteiger partial charge in [-0.25, -0.2) is 13.2 Å². The second kappa shape index (κ2) is 4.64. The smallest absolute Gasteiger partial charge is 0.136 e. The van der Waals surface area contributed by atoms with Crippen LogP contribution < -0.4 is 0 Å². The monoisotopic (exact) mass is 249 g/mol. The molecular formula is C14H10F3N. The average Bonchev–Trinajstić information content (AvgIpc) is 2.28. The molecule has 0 radical (unpaired) electrons. The molecular weight excluding hydrogens is 239 g/mol. The van der Waals surface area contributed by atoms with E-state index in [1.807, 2.05) is 0 Å². The summed E-state index contributed by atoms with van der Waals surface area (Å²) in [6.07, 6.45) is 2.97. The molecule has 0 amide bonds. The zero-order valence-electron chi connectivity index (χ0n) is 9.67. The Morgan fingerprint density at radius 2 is 1.72 bits per heavy atom. The number of aryl methyl sites for hydroxylation is 1. The topological polar surface area (TPSA) is 12.9 Å². The van der Waals surface area contributed by atoms with Crippen LogP contribution in [0.4, 0.5) is 13.2 Å². The van der Waals surface area contributed by atoms with Crippen LogP contribution in [0.5, 0.6) is 0 Å². The number of hydrogen-bond acceptors (Lipinski definition) is 1. The van der Waals surface area contributed by atoms with Crippen LogP contribution >= 0.6 is 0 Å². The second-order valence-corrected chi connectivity index (χ2v) is 3.89. The van der Waals surface area contributed by atoms with Gasteiger partial charge in [0.2, 0.25) is 0 Å². The van der Waals surface area contributed by atoms with Gasteiger partial charge in [0.05, 0.1) is 11.3 Å². The van der Waals surface area contributed by atoms with Crippen molar-refractivity contribution >= 4 is 6.08 Å². The Labute approximate surface area is 103 Å². The maximum Gasteiger partial charge on any atom is 0.136 e. The van der Waals surface area contributed by atoms with E-state index in [0.29, 0.717) is 17.8 Å². The molecule has 1 nitrogen and oxygen atoms in total. The lowest BCUT2D eigenvalue weighted by Crippen LogP contribution is -1.96. The minimum absolute atomic E-state index is 0.264. The predicted octanol–water partition coefficient (Wildman–Crippen LogP) is 4.12. The van der Waals surface area contributed by atoms with Gasteiger partial charge in [0.15, 0.2) is 0 Å². The first-order valence-electron chi connectivity index (χ1n) is 5.27. The van der Waals surface area contributed by atoms with Gasteiger partial charge >= 0.3 is 0 Å². The van der Waals surface area contributed by atoms with Gasteiger partial charge in [-0.3, -0.25) is 4.98 Å². The molecule has 4 heteroatoms. The molecule has 0 atom stereocenters. The molecule has 0 aliphatic carbocycles. The van der Waals surface area contributed by atoms with Crippen molar-refractivity contribution in [1.29, 1.82) is 0 Å². The third-order valence-corrected chi connectivity index (χ3v) is 2.52. The van der Waals surface area contributed by atoms with Gasteiger partial charge in [-0.05, 0) is 24.6 Å². The van der Waals surface area contributed by atoms with Crippen molar-refractivity contribution in [2.75, 3.05) is 0 Å². The summed E-state index contributed by atoms with van der Waals surface area (Å²) in [7, 11) is 0. The predicted molar refractivity (Wildman–Crippen MR) is 64.4 cm³/mol. The lowest BCUT2D eigenvalue weighted by Gasteiger charge is -2.09. The number of nitrogens with zero attached hydrogens (tertiary/aromatic N) is 1. The van der Waals surface area contributed by atoms with Gasteiger partial charge in [-0.1, -0.05) is 6.58 Å². The zero-order chi connectivity index (χ0) is 13.3. The first-order valence-corrected chi connectivity index (χ1v) is 5.27. The van der Waals surface area contributed by atoms with Crippen molar-refractivity contribution in [3.8, 4) is 11.1 Å². The van der Waals surface area contributed by atoms with Crippen LogP contribution in [0.3, 0.4) is 0 Å². The highest BCUT2D eigenvalue weighted by molar-refractivity contribution is 5.74. The Bertz CT molecular complexity index is 597. The molecule has 18 heavy (non-hydrogen) atoms. The molecule has 0 aliphatic rings. The molecule has 0 spiro atoms. The molecule has 1 aromatic carbocycles. The average molecular weight is 249 g/mol. The Hall–Kier alpha value is -2.10. The van der Waals surface area contributed by atoms with E-state index in [1.54, 1.807) is 19.2 Å². The fourth-order valence-electron chi connectivity index (χ4n) is 1.74. The van der Waals surface area contributed by atoms with Gasteiger partial charge in [0.1, 0.15) is 17.5 Å². The Morgan fingerprint density at radius 3 is 2.28 bits per heavy atom. The van der Waals surface area contributed by atoms with Crippen LogP contribution in [-0.4, -0.2) is 4.98 Å². The van der Waals surface area contributed by atoms with Crippen LogP contribution in [0.25, 0.3) is 17.2 Å². The fraction of sp³-hybridized carbons (Fsp3) is 0.0714. The largest absolute Gasteiger partial charge is 0.256 e. The molecule has 0 bridgehead atoms. The van der Waals surface area contributed by atoms with E-state index in [2.05, 4.69) is 11.6 Å². The van der Waals surface area contributed by atoms with E-state index in [4.69, 9.17) is 0 Å². The summed E-state index contributed by atoms with van der Waals surface area (Å²) in [5.74, 6) is -2.86. The van der Waals surface area contributed by atoms with Gasteiger partial charge in [-0.15, -0.1) is 0 Å². The van der Waals surface area contributed by atoms with Gasteiger partial charge < -0.3 is 0 Å². The highest BCUT2D eigenvalue weighted by atomic mass is 19.1. The van der Waals surface area contributed by atoms with Crippen LogP contribution in [0.1, 0.15) is 11.3 Å². The number of aromatic nitrogens is 1. The fourth-order valence-corrected chi connectivity index (χ4v) is 1.74. The van der Waals surface area contributed by atoms with E-state index >= 15 is 0 Å². The molecule has 0 aliphatic heterocycles. The summed E-state index contributed by atoms with van der Waals surface area (Å²) in [5.41, 5.74) is 1.08. The maximum absolute atomic E-state index is 13.7. The molecule has 2 aromatic rings. The van der Waals surface area contributed by atoms with Crippen LogP contribution in [0, 0.1) is 24.4 Å². The second-order valence-electron chi connectivity index (χ2n) is 3.89. The van der Waals surface area contributed by atoms with Crippen molar-refractivity contribution in [3.63, 3.8) is 0 Å². The van der Waals surface area contributed by atoms with Gasteiger partial charge in [0.25, 0.3) is 0 Å². The molecule has 1 aromatic heterocycles. The van der Waals surface area contributed by atoms with Crippen molar-refractivity contribution in [2.45, 2.75) is 6.92 Å². The standard InChI is InChI=1S/C14H10F3N/c1-3-13-10(4-8(2)7-18-13)14-11(16)5-9(15)6-12(14)17/h3-7H,1H2,2H3. The van der Waals surface area contributed by atoms with Gasteiger partial charge in [-0.2, -0.15) is 0 Å². The summed E-state index contributed by atoms with van der Waals surface area (Å²) >= 11 is 0. The van der Waals surface area contributed by atoms with Crippen molar-refractivity contribution in [2.24, 2.45) is 0 Å². The number of hydrogen-bond donors (Lipinski definition) is 0. The summed E-state index contributed by atoms with van der Waals surface area (Å²) < 4.78 is 40.3. The van der Waals surface area contributed by atoms with Crippen molar-refractivity contribution < 1.29 is 13.2 Å². The van der Waals surface area contributed by atoms with E-state index in [0.717, 1.165) is 5.56 Å². The molecule has 92 valence electrons. The Balaban J connectivity index is 2.76. The quantitative estimate of drug-likeness (QED) is 0.780. The highest BCUT2D eigenvalue weighted by Gasteiger charge is 2.16. The highest BCUT2D eigenvalue weighted by Crippen LogP contribution is 2.30. The molecule has 0 fully saturated rings. The van der Waals surface area contributed by atoms with Crippen molar-refractivity contribution in [1.82, 2.24) is 4.98 Å². The summed E-state index contributed by atoms with van der Waals surface area (Å²) in [6, 6.07) is 2.88. The van der Waals surface area contributed by atoms with Crippen LogP contribution in [-0.2, 0) is 0 Å². The molecule has 0 saturated carbocycles. The first kappa shape index (κ1) is 12.4. The van der Waals surface area contributed by atoms with Crippen LogP contribution in [0.15, 0.2) is 31.0 Å². The number of benzene rings is 1. The molecule has 0 saturated heterocycles. The number of halogens is 3. The molecule has 2 rings (SSSR count). The number of rotatable bonds is 2. The summed E-state index contributed by atoms with van der Waals surface area (Å²) in [4.78, 5) is 4.03. The van der Waals surface area contributed by atoms with E-state index < -0.39 is 17.5 Å². The molecule has 1 heterocycles. The minimum atomic E-state index is -0.956. The van der Waals surface area contributed by atoms with Crippen molar-refractivity contribution in [3.05, 3.63) is 59.7 Å². The lowest BCUT2D eigenvalue weighted by molar-refractivity contribution is 0.548. The van der Waals surface area contributed by atoms with Crippen LogP contribution in [0.2, 0.25) is 0 Å². The zero-order valence-corrected chi connectivity index (χ0v) is 9.67. The molecule has 0 unspecified atom stereocenters. The number of pyridine rings is 1. The Kier molecular flexibility index (Phi) is 3.19. The Morgan fingerprint density at radius 1 is 1.11 bits per heavy atom. The third-order valence-electron chi connectivity index (χ3n) is 2.52. The summed E-state index contributed by atoms with van der Waals surface area (Å²) in [5, 5.41) is 0. The molecule has 0 N–H and O–H groups in total. The minimum Gasteiger partial charge on any atom is -0.256 e. The third kappa shape index (κ3) is 2.14. The van der Waals surface area contributed by atoms with E-state index in [9.17, 15) is 13.2 Å². The van der Waals surface area contributed by atoms with E-state index in [-0.39, 0.29) is 11.1 Å². The SMILES string of the molecule is C=Cc1ncc(C)cc1-c1c(F)cc(F)cc1F. The normalized spacial score (nSPS) is 10.4. The van der Waals surface area contributed by atoms with E-state index in [1.165, 1.54) is 6.08 Å². The lowest BCUT2D eigenvalue weighted by atomic mass is 10.0. The van der Waals surface area contributed by atoms with Gasteiger partial charge in [0, 0.05) is 23.9 Å². The summed E-state index contributed by atoms with van der Waals surface area (Å²) in [6.45, 7) is 5.29. The maximum atomic E-state index is 13.7.